The van der Waals surface area contributed by atoms with E-state index in [1.807, 2.05) is 6.07 Å². The maximum absolute atomic E-state index is 3.52. The Kier molecular flexibility index (Phi) is 4.22. The lowest BCUT2D eigenvalue weighted by molar-refractivity contribution is 0.251. The van der Waals surface area contributed by atoms with Crippen molar-refractivity contribution in [1.82, 2.24) is 4.90 Å². The minimum atomic E-state index is 0.638. The molecule has 4 rings (SSSR count). The van der Waals surface area contributed by atoms with Crippen molar-refractivity contribution in [2.45, 2.75) is 18.8 Å². The molecule has 24 heavy (non-hydrogen) atoms. The van der Waals surface area contributed by atoms with Gasteiger partial charge in [-0.1, -0.05) is 42.5 Å². The van der Waals surface area contributed by atoms with Gasteiger partial charge in [-0.2, -0.15) is 0 Å². The predicted octanol–water partition coefficient (Wildman–Crippen LogP) is 5.39. The Bertz CT molecular complexity index is 826. The number of hydrogen-bond acceptors (Lipinski definition) is 2. The quantitative estimate of drug-likeness (QED) is 0.696. The second kappa shape index (κ2) is 6.66. The maximum Gasteiger partial charge on any atom is 0.0390 e. The third kappa shape index (κ3) is 3.15. The van der Waals surface area contributed by atoms with Crippen LogP contribution in [0.5, 0.6) is 0 Å². The monoisotopic (exact) mass is 316 g/mol. The molecule has 1 aliphatic rings. The molecule has 2 heteroatoms. The molecule has 1 aliphatic heterocycles. The number of anilines is 2. The molecule has 1 fully saturated rings. The molecular weight excluding hydrogens is 292 g/mol. The SMILES string of the molecule is CN1CCCC(c2cccc3ccc(Nc4ccccc4)cc23)C1. The highest BCUT2D eigenvalue weighted by atomic mass is 15.1. The van der Waals surface area contributed by atoms with E-state index in [1.54, 1.807) is 0 Å². The van der Waals surface area contributed by atoms with Gasteiger partial charge < -0.3 is 10.2 Å². The smallest absolute Gasteiger partial charge is 0.0390 e. The zero-order valence-electron chi connectivity index (χ0n) is 14.2. The highest BCUT2D eigenvalue weighted by Gasteiger charge is 2.20. The first-order valence-electron chi connectivity index (χ1n) is 8.83. The molecule has 3 aromatic carbocycles. The molecule has 0 radical (unpaired) electrons. The molecule has 0 amide bonds. The van der Waals surface area contributed by atoms with Crippen LogP contribution in [0.25, 0.3) is 10.8 Å². The average molecular weight is 316 g/mol. The summed E-state index contributed by atoms with van der Waals surface area (Å²) in [4.78, 5) is 2.46. The molecule has 1 N–H and O–H groups in total. The molecular formula is C22H24N2. The summed E-state index contributed by atoms with van der Waals surface area (Å²) in [6, 6.07) is 23.8. The van der Waals surface area contributed by atoms with Crippen molar-refractivity contribution in [3.05, 3.63) is 72.3 Å². The predicted molar refractivity (Wildman–Crippen MR) is 103 cm³/mol. The van der Waals surface area contributed by atoms with Gasteiger partial charge in [-0.3, -0.25) is 0 Å². The summed E-state index contributed by atoms with van der Waals surface area (Å²) in [5.41, 5.74) is 3.79. The lowest BCUT2D eigenvalue weighted by atomic mass is 9.87. The normalized spacial score (nSPS) is 18.6. The van der Waals surface area contributed by atoms with Crippen molar-refractivity contribution in [3.8, 4) is 0 Å². The van der Waals surface area contributed by atoms with Crippen LogP contribution < -0.4 is 5.32 Å². The molecule has 0 bridgehead atoms. The number of nitrogens with zero attached hydrogens (tertiary/aromatic N) is 1. The van der Waals surface area contributed by atoms with Crippen molar-refractivity contribution in [2.24, 2.45) is 0 Å². The minimum absolute atomic E-state index is 0.638. The summed E-state index contributed by atoms with van der Waals surface area (Å²) in [5.74, 6) is 0.638. The van der Waals surface area contributed by atoms with E-state index >= 15 is 0 Å². The average Bonchev–Trinajstić information content (AvgIpc) is 2.62. The number of rotatable bonds is 3. The van der Waals surface area contributed by atoms with E-state index in [0.717, 1.165) is 17.9 Å². The molecule has 3 aromatic rings. The molecule has 1 unspecified atom stereocenters. The zero-order valence-corrected chi connectivity index (χ0v) is 14.2. The van der Waals surface area contributed by atoms with Crippen LogP contribution in [-0.4, -0.2) is 25.0 Å². The van der Waals surface area contributed by atoms with Crippen LogP contribution in [0, 0.1) is 0 Å². The summed E-state index contributed by atoms with van der Waals surface area (Å²) >= 11 is 0. The number of likely N-dealkylation sites (N-methyl/N-ethyl adjacent to an activating group) is 1. The first-order chi connectivity index (χ1) is 11.8. The van der Waals surface area contributed by atoms with Crippen molar-refractivity contribution in [3.63, 3.8) is 0 Å². The fraction of sp³-hybridized carbons (Fsp3) is 0.273. The van der Waals surface area contributed by atoms with Crippen LogP contribution in [-0.2, 0) is 0 Å². The van der Waals surface area contributed by atoms with Gasteiger partial charge in [0.25, 0.3) is 0 Å². The van der Waals surface area contributed by atoms with Gasteiger partial charge in [0.15, 0.2) is 0 Å². The van der Waals surface area contributed by atoms with Gasteiger partial charge >= 0.3 is 0 Å². The fourth-order valence-corrected chi connectivity index (χ4v) is 3.84. The van der Waals surface area contributed by atoms with Crippen molar-refractivity contribution in [2.75, 3.05) is 25.5 Å². The molecule has 122 valence electrons. The Morgan fingerprint density at radius 2 is 1.79 bits per heavy atom. The number of fused-ring (bicyclic) bond motifs is 1. The van der Waals surface area contributed by atoms with Crippen LogP contribution in [0.15, 0.2) is 66.7 Å². The number of likely N-dealkylation sites (tertiary alicyclic amines) is 1. The second-order valence-electron chi connectivity index (χ2n) is 6.88. The van der Waals surface area contributed by atoms with E-state index < -0.39 is 0 Å². The molecule has 1 heterocycles. The summed E-state index contributed by atoms with van der Waals surface area (Å²) < 4.78 is 0. The van der Waals surface area contributed by atoms with Crippen LogP contribution in [0.3, 0.4) is 0 Å². The number of nitrogens with one attached hydrogen (secondary N) is 1. The Morgan fingerprint density at radius 1 is 0.917 bits per heavy atom. The number of hydrogen-bond donors (Lipinski definition) is 1. The van der Waals surface area contributed by atoms with Crippen LogP contribution in [0.4, 0.5) is 11.4 Å². The molecule has 1 atom stereocenters. The molecule has 0 aromatic heterocycles. The summed E-state index contributed by atoms with van der Waals surface area (Å²) in [7, 11) is 2.24. The van der Waals surface area contributed by atoms with Crippen LogP contribution in [0.1, 0.15) is 24.3 Å². The number of para-hydroxylation sites is 1. The van der Waals surface area contributed by atoms with E-state index in [1.165, 1.54) is 35.7 Å². The van der Waals surface area contributed by atoms with Gasteiger partial charge in [0, 0.05) is 17.9 Å². The van der Waals surface area contributed by atoms with Crippen molar-refractivity contribution >= 4 is 22.1 Å². The molecule has 2 nitrogen and oxygen atoms in total. The van der Waals surface area contributed by atoms with E-state index in [0.29, 0.717) is 5.92 Å². The Hall–Kier alpha value is -2.32. The van der Waals surface area contributed by atoms with E-state index in [4.69, 9.17) is 0 Å². The van der Waals surface area contributed by atoms with Gasteiger partial charge in [-0.15, -0.1) is 0 Å². The standard InChI is InChI=1S/C22H24N2/c1-24-14-6-8-18(16-24)21-11-5-7-17-12-13-20(15-22(17)21)23-19-9-3-2-4-10-19/h2-5,7,9-13,15,18,23H,6,8,14,16H2,1H3. The Balaban J connectivity index is 1.70. The third-order valence-electron chi connectivity index (χ3n) is 5.04. The van der Waals surface area contributed by atoms with Gasteiger partial charge in [0.1, 0.15) is 0 Å². The summed E-state index contributed by atoms with van der Waals surface area (Å²) in [6.07, 6.45) is 2.58. The fourth-order valence-electron chi connectivity index (χ4n) is 3.84. The van der Waals surface area contributed by atoms with Gasteiger partial charge in [0.05, 0.1) is 0 Å². The van der Waals surface area contributed by atoms with Crippen molar-refractivity contribution in [1.29, 1.82) is 0 Å². The lowest BCUT2D eigenvalue weighted by Crippen LogP contribution is -2.30. The summed E-state index contributed by atoms with van der Waals surface area (Å²) in [6.45, 7) is 2.39. The third-order valence-corrected chi connectivity index (χ3v) is 5.04. The van der Waals surface area contributed by atoms with Gasteiger partial charge in [0.2, 0.25) is 0 Å². The summed E-state index contributed by atoms with van der Waals surface area (Å²) in [5, 5.41) is 6.24. The minimum Gasteiger partial charge on any atom is -0.356 e. The Labute approximate surface area is 144 Å². The first kappa shape index (κ1) is 15.2. The number of piperidine rings is 1. The van der Waals surface area contributed by atoms with Crippen LogP contribution in [0.2, 0.25) is 0 Å². The highest BCUT2D eigenvalue weighted by Crippen LogP contribution is 2.33. The zero-order chi connectivity index (χ0) is 16.4. The van der Waals surface area contributed by atoms with Gasteiger partial charge in [-0.05, 0) is 73.0 Å². The van der Waals surface area contributed by atoms with E-state index in [2.05, 4.69) is 77.9 Å². The molecule has 0 aliphatic carbocycles. The van der Waals surface area contributed by atoms with E-state index in [9.17, 15) is 0 Å². The molecule has 1 saturated heterocycles. The molecule has 0 saturated carbocycles. The van der Waals surface area contributed by atoms with Crippen LogP contribution >= 0.6 is 0 Å². The van der Waals surface area contributed by atoms with Gasteiger partial charge in [-0.25, -0.2) is 0 Å². The Morgan fingerprint density at radius 3 is 2.62 bits per heavy atom. The highest BCUT2D eigenvalue weighted by molar-refractivity contribution is 5.89. The first-order valence-corrected chi connectivity index (χ1v) is 8.83. The second-order valence-corrected chi connectivity index (χ2v) is 6.88. The lowest BCUT2D eigenvalue weighted by Gasteiger charge is -2.30. The number of benzene rings is 3. The topological polar surface area (TPSA) is 15.3 Å². The maximum atomic E-state index is 3.52. The molecule has 0 spiro atoms. The van der Waals surface area contributed by atoms with Crippen molar-refractivity contribution < 1.29 is 0 Å². The largest absolute Gasteiger partial charge is 0.356 e. The van der Waals surface area contributed by atoms with E-state index in [-0.39, 0.29) is 0 Å².